The summed E-state index contributed by atoms with van der Waals surface area (Å²) in [5.74, 6) is 1.06. The van der Waals surface area contributed by atoms with Crippen LogP contribution in [0.15, 0.2) is 34.7 Å². The molecule has 1 unspecified atom stereocenters. The van der Waals surface area contributed by atoms with Crippen LogP contribution >= 0.6 is 0 Å². The Morgan fingerprint density at radius 3 is 2.14 bits per heavy atom. The second-order valence-electron chi connectivity index (χ2n) is 8.12. The zero-order chi connectivity index (χ0) is 20.0. The van der Waals surface area contributed by atoms with Crippen molar-refractivity contribution in [1.29, 1.82) is 0 Å². The van der Waals surface area contributed by atoms with Gasteiger partial charge < -0.3 is 15.1 Å². The minimum atomic E-state index is 0.240. The van der Waals surface area contributed by atoms with Gasteiger partial charge >= 0.3 is 0 Å². The van der Waals surface area contributed by atoms with Gasteiger partial charge in [0.2, 0.25) is 0 Å². The Morgan fingerprint density at radius 1 is 0.857 bits per heavy atom. The van der Waals surface area contributed by atoms with Crippen LogP contribution in [-0.2, 0) is 0 Å². The first-order valence-electron chi connectivity index (χ1n) is 10.2. The standard InChI is InChI=1S/C24H31N3O/c1-15-16(2)21-18(4)23(28-24(21)22(25)17(15)3)19(5)26-11-13-27(14-12-26)20-9-7-6-8-10-20/h6-10,19H,11-14,25H2,1-5H3. The molecule has 2 N–H and O–H groups in total. The average molecular weight is 378 g/mol. The molecule has 1 aliphatic heterocycles. The van der Waals surface area contributed by atoms with Gasteiger partial charge in [-0.2, -0.15) is 0 Å². The van der Waals surface area contributed by atoms with E-state index in [0.717, 1.165) is 48.8 Å². The van der Waals surface area contributed by atoms with E-state index >= 15 is 0 Å². The summed E-state index contributed by atoms with van der Waals surface area (Å²) in [6.45, 7) is 15.0. The number of rotatable bonds is 3. The Morgan fingerprint density at radius 2 is 1.50 bits per heavy atom. The number of nitrogens with two attached hydrogens (primary N) is 1. The first-order valence-corrected chi connectivity index (χ1v) is 10.2. The van der Waals surface area contributed by atoms with Gasteiger partial charge in [-0.15, -0.1) is 0 Å². The number of benzene rings is 2. The Kier molecular flexibility index (Phi) is 4.84. The van der Waals surface area contributed by atoms with Gasteiger partial charge in [-0.05, 0) is 63.4 Å². The summed E-state index contributed by atoms with van der Waals surface area (Å²) in [4.78, 5) is 4.99. The molecule has 0 spiro atoms. The van der Waals surface area contributed by atoms with Crippen molar-refractivity contribution >= 4 is 22.3 Å². The van der Waals surface area contributed by atoms with Crippen LogP contribution in [0.1, 0.15) is 41.0 Å². The van der Waals surface area contributed by atoms with E-state index in [1.54, 1.807) is 0 Å². The maximum Gasteiger partial charge on any atom is 0.158 e. The van der Waals surface area contributed by atoms with Crippen molar-refractivity contribution in [3.05, 3.63) is 58.3 Å². The van der Waals surface area contributed by atoms with Gasteiger partial charge in [-0.3, -0.25) is 4.90 Å². The van der Waals surface area contributed by atoms with Gasteiger partial charge in [0.1, 0.15) is 5.76 Å². The van der Waals surface area contributed by atoms with Crippen LogP contribution in [-0.4, -0.2) is 31.1 Å². The van der Waals surface area contributed by atoms with E-state index in [4.69, 9.17) is 10.2 Å². The van der Waals surface area contributed by atoms with Crippen LogP contribution in [0.3, 0.4) is 0 Å². The normalized spacial score (nSPS) is 16.7. The lowest BCUT2D eigenvalue weighted by atomic mass is 9.96. The summed E-state index contributed by atoms with van der Waals surface area (Å²) in [7, 11) is 0. The van der Waals surface area contributed by atoms with E-state index in [0.29, 0.717) is 0 Å². The van der Waals surface area contributed by atoms with Crippen molar-refractivity contribution in [2.75, 3.05) is 36.8 Å². The molecule has 1 atom stereocenters. The molecule has 1 aliphatic rings. The summed E-state index contributed by atoms with van der Waals surface area (Å²) in [5, 5.41) is 1.20. The summed E-state index contributed by atoms with van der Waals surface area (Å²) in [5.41, 5.74) is 14.3. The minimum Gasteiger partial charge on any atom is -0.457 e. The molecule has 4 nitrogen and oxygen atoms in total. The molecule has 1 aromatic heterocycles. The van der Waals surface area contributed by atoms with Crippen molar-refractivity contribution in [3.8, 4) is 0 Å². The topological polar surface area (TPSA) is 45.6 Å². The van der Waals surface area contributed by atoms with Gasteiger partial charge in [0, 0.05) is 42.8 Å². The number of nitrogens with zero attached hydrogens (tertiary/aromatic N) is 2. The highest BCUT2D eigenvalue weighted by molar-refractivity contribution is 5.96. The third-order valence-electron chi connectivity index (χ3n) is 6.70. The SMILES string of the molecule is Cc1c(C)c(C)c2c(C)c(C(C)N3CCN(c4ccccc4)CC3)oc2c1N. The largest absolute Gasteiger partial charge is 0.457 e. The van der Waals surface area contributed by atoms with E-state index in [9.17, 15) is 0 Å². The predicted octanol–water partition coefficient (Wildman–Crippen LogP) is 5.13. The van der Waals surface area contributed by atoms with Gasteiger partial charge in [-0.25, -0.2) is 0 Å². The molecule has 0 amide bonds. The molecule has 0 radical (unpaired) electrons. The van der Waals surface area contributed by atoms with Crippen LogP contribution in [0.5, 0.6) is 0 Å². The van der Waals surface area contributed by atoms with Crippen molar-refractivity contribution in [2.24, 2.45) is 0 Å². The van der Waals surface area contributed by atoms with Crippen LogP contribution in [0.25, 0.3) is 11.0 Å². The molecular weight excluding hydrogens is 346 g/mol. The number of para-hydroxylation sites is 1. The Hall–Kier alpha value is -2.46. The average Bonchev–Trinajstić information content (AvgIpc) is 3.08. The lowest BCUT2D eigenvalue weighted by Crippen LogP contribution is -2.47. The van der Waals surface area contributed by atoms with Gasteiger partial charge in [0.25, 0.3) is 0 Å². The summed E-state index contributed by atoms with van der Waals surface area (Å²) < 4.78 is 6.39. The number of fused-ring (bicyclic) bond motifs is 1. The lowest BCUT2D eigenvalue weighted by Gasteiger charge is -2.38. The minimum absolute atomic E-state index is 0.240. The lowest BCUT2D eigenvalue weighted by molar-refractivity contribution is 0.179. The van der Waals surface area contributed by atoms with Crippen molar-refractivity contribution in [1.82, 2.24) is 4.90 Å². The molecule has 4 rings (SSSR count). The third kappa shape index (κ3) is 2.96. The summed E-state index contributed by atoms with van der Waals surface area (Å²) >= 11 is 0. The van der Waals surface area contributed by atoms with Gasteiger partial charge in [-0.1, -0.05) is 18.2 Å². The zero-order valence-electron chi connectivity index (χ0n) is 17.7. The Balaban J connectivity index is 1.60. The number of hydrogen-bond donors (Lipinski definition) is 1. The quantitative estimate of drug-likeness (QED) is 0.643. The van der Waals surface area contributed by atoms with Gasteiger partial charge in [0.15, 0.2) is 5.58 Å². The summed E-state index contributed by atoms with van der Waals surface area (Å²) in [6.07, 6.45) is 0. The fourth-order valence-corrected chi connectivity index (χ4v) is 4.58. The fraction of sp³-hybridized carbons (Fsp3) is 0.417. The molecule has 0 bridgehead atoms. The number of hydrogen-bond acceptors (Lipinski definition) is 4. The number of piperazine rings is 1. The van der Waals surface area contributed by atoms with E-state index < -0.39 is 0 Å². The molecule has 28 heavy (non-hydrogen) atoms. The molecular formula is C24H31N3O. The van der Waals surface area contributed by atoms with Crippen molar-refractivity contribution in [2.45, 2.75) is 40.7 Å². The number of anilines is 2. The first-order chi connectivity index (χ1) is 13.4. The predicted molar refractivity (Wildman–Crippen MR) is 118 cm³/mol. The molecule has 2 aromatic carbocycles. The van der Waals surface area contributed by atoms with Crippen molar-refractivity contribution in [3.63, 3.8) is 0 Å². The van der Waals surface area contributed by atoms with Crippen LogP contribution in [0.4, 0.5) is 11.4 Å². The molecule has 3 aromatic rings. The van der Waals surface area contributed by atoms with Crippen LogP contribution in [0, 0.1) is 27.7 Å². The molecule has 4 heteroatoms. The smallest absolute Gasteiger partial charge is 0.158 e. The Labute approximate surface area is 167 Å². The molecule has 0 saturated carbocycles. The maximum absolute atomic E-state index is 6.42. The highest BCUT2D eigenvalue weighted by Crippen LogP contribution is 2.40. The molecule has 0 aliphatic carbocycles. The second-order valence-corrected chi connectivity index (χ2v) is 8.12. The molecule has 2 heterocycles. The number of aryl methyl sites for hydroxylation is 2. The first kappa shape index (κ1) is 18.9. The molecule has 148 valence electrons. The van der Waals surface area contributed by atoms with Gasteiger partial charge in [0.05, 0.1) is 11.7 Å². The fourth-order valence-electron chi connectivity index (χ4n) is 4.58. The summed E-state index contributed by atoms with van der Waals surface area (Å²) in [6, 6.07) is 10.9. The third-order valence-corrected chi connectivity index (χ3v) is 6.70. The van der Waals surface area contributed by atoms with Crippen LogP contribution < -0.4 is 10.6 Å². The molecule has 1 fully saturated rings. The highest BCUT2D eigenvalue weighted by Gasteiger charge is 2.28. The van der Waals surface area contributed by atoms with E-state index in [2.05, 4.69) is 74.8 Å². The molecule has 1 saturated heterocycles. The monoisotopic (exact) mass is 377 g/mol. The van der Waals surface area contributed by atoms with E-state index in [1.807, 2.05) is 0 Å². The number of nitrogen functional groups attached to an aromatic ring is 1. The number of furan rings is 1. The van der Waals surface area contributed by atoms with Crippen molar-refractivity contribution < 1.29 is 4.42 Å². The van der Waals surface area contributed by atoms with Crippen LogP contribution in [0.2, 0.25) is 0 Å². The second kappa shape index (κ2) is 7.17. The Bertz CT molecular complexity index is 998. The highest BCUT2D eigenvalue weighted by atomic mass is 16.3. The maximum atomic E-state index is 6.42. The zero-order valence-corrected chi connectivity index (χ0v) is 17.7. The van der Waals surface area contributed by atoms with E-state index in [1.165, 1.54) is 27.8 Å². The van der Waals surface area contributed by atoms with E-state index in [-0.39, 0.29) is 6.04 Å².